The first-order chi connectivity index (χ1) is 7.84. The molecule has 0 aromatic rings. The Morgan fingerprint density at radius 1 is 1.41 bits per heavy atom. The molecule has 0 unspecified atom stereocenters. The predicted molar refractivity (Wildman–Crippen MR) is 58.8 cm³/mol. The van der Waals surface area contributed by atoms with E-state index in [0.717, 1.165) is 0 Å². The van der Waals surface area contributed by atoms with Crippen molar-refractivity contribution in [3.05, 3.63) is 0 Å². The number of ether oxygens (including phenoxy) is 3. The van der Waals surface area contributed by atoms with E-state index in [1.807, 2.05) is 13.8 Å². The van der Waals surface area contributed by atoms with Crippen LogP contribution in [-0.4, -0.2) is 46.7 Å². The summed E-state index contributed by atoms with van der Waals surface area (Å²) in [4.78, 5) is 0. The predicted octanol–water partition coefficient (Wildman–Crippen LogP) is -0.000400. The van der Waals surface area contributed by atoms with Crippen LogP contribution in [-0.2, 0) is 14.2 Å². The summed E-state index contributed by atoms with van der Waals surface area (Å²) < 4.78 is 16.8. The van der Waals surface area contributed by atoms with E-state index >= 15 is 0 Å². The van der Waals surface area contributed by atoms with Crippen molar-refractivity contribution in [2.45, 2.75) is 57.1 Å². The van der Waals surface area contributed by atoms with Crippen molar-refractivity contribution in [1.29, 1.82) is 0 Å². The lowest BCUT2D eigenvalue weighted by Gasteiger charge is -2.26. The van der Waals surface area contributed by atoms with E-state index in [4.69, 9.17) is 19.3 Å². The largest absolute Gasteiger partial charge is 0.384 e. The minimum absolute atomic E-state index is 0.169. The molecule has 0 aliphatic carbocycles. The van der Waals surface area contributed by atoms with Crippen LogP contribution in [0.5, 0.6) is 0 Å². The Balaban J connectivity index is 2.01. The van der Waals surface area contributed by atoms with Crippen LogP contribution in [0.1, 0.15) is 27.2 Å². The van der Waals surface area contributed by atoms with Gasteiger partial charge < -0.3 is 24.4 Å². The Hall–Kier alpha value is -0.640. The van der Waals surface area contributed by atoms with Crippen molar-refractivity contribution >= 4 is 0 Å². The van der Waals surface area contributed by atoms with E-state index in [0.29, 0.717) is 6.42 Å². The minimum atomic E-state index is -1.30. The van der Waals surface area contributed by atoms with Gasteiger partial charge in [0.15, 0.2) is 12.1 Å². The molecule has 2 rings (SSSR count). The van der Waals surface area contributed by atoms with Crippen LogP contribution in [0.2, 0.25) is 0 Å². The Labute approximate surface area is 101 Å². The molecular formula is C12H18O5. The fraction of sp³-hybridized carbons (Fsp3) is 0.833. The van der Waals surface area contributed by atoms with E-state index in [1.54, 1.807) is 6.92 Å². The lowest BCUT2D eigenvalue weighted by Crippen LogP contribution is -2.39. The molecule has 5 heteroatoms. The van der Waals surface area contributed by atoms with E-state index in [9.17, 15) is 5.11 Å². The van der Waals surface area contributed by atoms with Crippen molar-refractivity contribution in [3.8, 4) is 11.8 Å². The molecule has 0 amide bonds. The number of rotatable bonds is 1. The molecule has 5 nitrogen and oxygen atoms in total. The third kappa shape index (κ3) is 2.62. The van der Waals surface area contributed by atoms with Gasteiger partial charge in [-0.2, -0.15) is 0 Å². The van der Waals surface area contributed by atoms with Gasteiger partial charge in [0.2, 0.25) is 0 Å². The number of fused-ring (bicyclic) bond motifs is 1. The van der Waals surface area contributed by atoms with E-state index < -0.39 is 23.8 Å². The van der Waals surface area contributed by atoms with Gasteiger partial charge in [-0.3, -0.25) is 0 Å². The average Bonchev–Trinajstić information content (AvgIpc) is 2.68. The Morgan fingerprint density at radius 3 is 2.71 bits per heavy atom. The highest BCUT2D eigenvalue weighted by molar-refractivity contribution is 5.16. The molecule has 4 atom stereocenters. The van der Waals surface area contributed by atoms with Crippen molar-refractivity contribution in [2.24, 2.45) is 0 Å². The van der Waals surface area contributed by atoms with Crippen LogP contribution in [0.3, 0.4) is 0 Å². The van der Waals surface area contributed by atoms with Gasteiger partial charge in [0.25, 0.3) is 0 Å². The van der Waals surface area contributed by atoms with Crippen LogP contribution in [0.4, 0.5) is 0 Å². The molecule has 2 heterocycles. The molecule has 0 aromatic carbocycles. The Morgan fingerprint density at radius 2 is 2.12 bits per heavy atom. The Bertz CT molecular complexity index is 336. The van der Waals surface area contributed by atoms with Crippen molar-refractivity contribution in [2.75, 3.05) is 6.61 Å². The van der Waals surface area contributed by atoms with E-state index in [1.165, 1.54) is 0 Å². The number of hydrogen-bond donors (Lipinski definition) is 2. The highest BCUT2D eigenvalue weighted by Crippen LogP contribution is 2.39. The van der Waals surface area contributed by atoms with Gasteiger partial charge in [-0.05, 0) is 20.8 Å². The molecule has 0 spiro atoms. The molecule has 0 aromatic heterocycles. The summed E-state index contributed by atoms with van der Waals surface area (Å²) >= 11 is 0. The van der Waals surface area contributed by atoms with Gasteiger partial charge in [0.1, 0.15) is 24.4 Å². The van der Waals surface area contributed by atoms with Gasteiger partial charge >= 0.3 is 0 Å². The second kappa shape index (κ2) is 4.23. The van der Waals surface area contributed by atoms with E-state index in [-0.39, 0.29) is 12.7 Å². The first kappa shape index (κ1) is 12.8. The molecule has 2 aliphatic heterocycles. The van der Waals surface area contributed by atoms with Crippen LogP contribution < -0.4 is 0 Å². The van der Waals surface area contributed by atoms with E-state index in [2.05, 4.69) is 11.8 Å². The molecule has 2 N–H and O–H groups in total. The van der Waals surface area contributed by atoms with Gasteiger partial charge in [0.05, 0.1) is 0 Å². The van der Waals surface area contributed by atoms with Crippen LogP contribution >= 0.6 is 0 Å². The number of aliphatic hydroxyl groups excluding tert-OH is 1. The summed E-state index contributed by atoms with van der Waals surface area (Å²) in [6, 6.07) is 0. The summed E-state index contributed by atoms with van der Waals surface area (Å²) in [5.41, 5.74) is -1.30. The molecule has 0 bridgehead atoms. The molecule has 2 fully saturated rings. The quantitative estimate of drug-likeness (QED) is 0.633. The number of aliphatic hydroxyl groups is 2. The fourth-order valence-electron chi connectivity index (χ4n) is 2.17. The zero-order valence-electron chi connectivity index (χ0n) is 10.3. The molecule has 96 valence electrons. The van der Waals surface area contributed by atoms with Gasteiger partial charge in [-0.15, -0.1) is 0 Å². The third-order valence-electron chi connectivity index (χ3n) is 2.93. The smallest absolute Gasteiger partial charge is 0.187 e. The van der Waals surface area contributed by atoms with Gasteiger partial charge in [-0.25, -0.2) is 0 Å². The first-order valence-corrected chi connectivity index (χ1v) is 5.68. The molecule has 2 aliphatic rings. The summed E-state index contributed by atoms with van der Waals surface area (Å²) in [6.45, 7) is 4.93. The molecular weight excluding hydrogens is 224 g/mol. The summed E-state index contributed by atoms with van der Waals surface area (Å²) in [6.07, 6.45) is -0.552. The minimum Gasteiger partial charge on any atom is -0.384 e. The SMILES string of the molecule is CC1(C)O[C@H]2O[C@@H]([C@](C)(O)C#CCO)C[C@H]2O1. The molecule has 0 saturated carbocycles. The maximum atomic E-state index is 10.1. The standard InChI is InChI=1S/C12H18O5/c1-11(2)16-8-7-9(15-10(8)17-11)12(3,14)5-4-6-13/h8-10,13-14H,6-7H2,1-3H3/t8-,9-,10-,12-/m1/s1. The van der Waals surface area contributed by atoms with Crippen molar-refractivity contribution < 1.29 is 24.4 Å². The fourth-order valence-corrected chi connectivity index (χ4v) is 2.17. The molecule has 17 heavy (non-hydrogen) atoms. The topological polar surface area (TPSA) is 68.2 Å². The van der Waals surface area contributed by atoms with Gasteiger partial charge in [-0.1, -0.05) is 11.8 Å². The zero-order chi connectivity index (χ0) is 12.7. The molecule has 2 saturated heterocycles. The monoisotopic (exact) mass is 242 g/mol. The maximum absolute atomic E-state index is 10.1. The second-order valence-electron chi connectivity index (χ2n) is 5.01. The third-order valence-corrected chi connectivity index (χ3v) is 2.93. The summed E-state index contributed by atoms with van der Waals surface area (Å²) in [7, 11) is 0. The first-order valence-electron chi connectivity index (χ1n) is 5.68. The second-order valence-corrected chi connectivity index (χ2v) is 5.01. The highest BCUT2D eigenvalue weighted by Gasteiger charge is 2.52. The summed E-state index contributed by atoms with van der Waals surface area (Å²) in [5, 5.41) is 18.7. The lowest BCUT2D eigenvalue weighted by atomic mass is 9.97. The van der Waals surface area contributed by atoms with Crippen LogP contribution in [0, 0.1) is 11.8 Å². The van der Waals surface area contributed by atoms with Crippen LogP contribution in [0.15, 0.2) is 0 Å². The maximum Gasteiger partial charge on any atom is 0.187 e. The van der Waals surface area contributed by atoms with Gasteiger partial charge in [0, 0.05) is 6.42 Å². The summed E-state index contributed by atoms with van der Waals surface area (Å²) in [5.74, 6) is 4.39. The van der Waals surface area contributed by atoms with Crippen molar-refractivity contribution in [1.82, 2.24) is 0 Å². The van der Waals surface area contributed by atoms with Crippen molar-refractivity contribution in [3.63, 3.8) is 0 Å². The normalized spacial score (nSPS) is 38.1. The van der Waals surface area contributed by atoms with Crippen LogP contribution in [0.25, 0.3) is 0 Å². The number of hydrogen-bond acceptors (Lipinski definition) is 5. The Kier molecular flexibility index (Phi) is 3.19. The average molecular weight is 242 g/mol. The highest BCUT2D eigenvalue weighted by atomic mass is 16.8. The zero-order valence-corrected chi connectivity index (χ0v) is 10.3. The lowest BCUT2D eigenvalue weighted by molar-refractivity contribution is -0.218. The molecule has 0 radical (unpaired) electrons.